The molecule has 1 saturated heterocycles. The lowest BCUT2D eigenvalue weighted by molar-refractivity contribution is 0.185. The maximum absolute atomic E-state index is 5.50. The molecule has 0 aromatic heterocycles. The Balaban J connectivity index is 2.01. The van der Waals surface area contributed by atoms with E-state index in [9.17, 15) is 0 Å². The molecule has 1 aromatic rings. The van der Waals surface area contributed by atoms with Crippen molar-refractivity contribution in [2.45, 2.75) is 25.8 Å². The standard InChI is InChI=1S/C20H25NO2/c1-13(2)8-16-9-18-17-11-20(23-5)19(22-4)10-15(17)6-7-21(18)12-14(16)3/h8,10-11,18H,1,3,6-7,9,12H2,2,4-5H3. The highest BCUT2D eigenvalue weighted by molar-refractivity contribution is 5.51. The van der Waals surface area contributed by atoms with Crippen molar-refractivity contribution in [2.75, 3.05) is 27.3 Å². The van der Waals surface area contributed by atoms with Crippen molar-refractivity contribution in [3.05, 3.63) is 59.2 Å². The van der Waals surface area contributed by atoms with Crippen LogP contribution in [0, 0.1) is 0 Å². The minimum absolute atomic E-state index is 0.384. The van der Waals surface area contributed by atoms with Crippen molar-refractivity contribution in [3.8, 4) is 11.5 Å². The van der Waals surface area contributed by atoms with Gasteiger partial charge < -0.3 is 9.47 Å². The Morgan fingerprint density at radius 3 is 2.61 bits per heavy atom. The average molecular weight is 311 g/mol. The normalized spacial score (nSPS) is 22.5. The van der Waals surface area contributed by atoms with E-state index in [1.165, 1.54) is 22.3 Å². The van der Waals surface area contributed by atoms with Crippen molar-refractivity contribution in [1.29, 1.82) is 0 Å². The smallest absolute Gasteiger partial charge is 0.161 e. The number of allylic oxidation sites excluding steroid dienone is 2. The molecule has 0 amide bonds. The molecule has 3 rings (SSSR count). The molecule has 2 aliphatic rings. The Labute approximate surface area is 138 Å². The molecule has 0 spiro atoms. The van der Waals surface area contributed by atoms with Gasteiger partial charge in [-0.1, -0.05) is 24.8 Å². The molecule has 1 atom stereocenters. The van der Waals surface area contributed by atoms with E-state index in [1.54, 1.807) is 14.2 Å². The average Bonchev–Trinajstić information content (AvgIpc) is 2.53. The molecule has 1 unspecified atom stereocenters. The van der Waals surface area contributed by atoms with Crippen molar-refractivity contribution in [1.82, 2.24) is 4.90 Å². The van der Waals surface area contributed by atoms with Crippen LogP contribution in [0.1, 0.15) is 30.5 Å². The lowest BCUT2D eigenvalue weighted by Gasteiger charge is -2.42. The van der Waals surface area contributed by atoms with Gasteiger partial charge in [0.1, 0.15) is 0 Å². The van der Waals surface area contributed by atoms with Gasteiger partial charge in [0, 0.05) is 19.1 Å². The quantitative estimate of drug-likeness (QED) is 0.840. The van der Waals surface area contributed by atoms with E-state index < -0.39 is 0 Å². The zero-order valence-corrected chi connectivity index (χ0v) is 14.3. The van der Waals surface area contributed by atoms with E-state index in [0.717, 1.165) is 43.0 Å². The molecule has 23 heavy (non-hydrogen) atoms. The molecule has 2 heterocycles. The van der Waals surface area contributed by atoms with Crippen molar-refractivity contribution < 1.29 is 9.47 Å². The highest BCUT2D eigenvalue weighted by Crippen LogP contribution is 2.43. The molecule has 122 valence electrons. The Morgan fingerprint density at radius 2 is 1.96 bits per heavy atom. The minimum Gasteiger partial charge on any atom is -0.493 e. The maximum atomic E-state index is 5.50. The van der Waals surface area contributed by atoms with E-state index in [1.807, 2.05) is 6.92 Å². The Hall–Kier alpha value is -2.00. The van der Waals surface area contributed by atoms with Gasteiger partial charge in [-0.2, -0.15) is 0 Å². The van der Waals surface area contributed by atoms with Crippen LogP contribution in [0.5, 0.6) is 11.5 Å². The first-order valence-electron chi connectivity index (χ1n) is 8.06. The van der Waals surface area contributed by atoms with Gasteiger partial charge >= 0.3 is 0 Å². The van der Waals surface area contributed by atoms with Crippen molar-refractivity contribution in [2.24, 2.45) is 0 Å². The third-order valence-electron chi connectivity index (χ3n) is 4.80. The van der Waals surface area contributed by atoms with E-state index in [-0.39, 0.29) is 0 Å². The number of piperidine rings is 1. The Kier molecular flexibility index (Phi) is 4.31. The van der Waals surface area contributed by atoms with E-state index in [0.29, 0.717) is 6.04 Å². The lowest BCUT2D eigenvalue weighted by atomic mass is 9.82. The molecule has 2 aliphatic heterocycles. The largest absolute Gasteiger partial charge is 0.493 e. The summed E-state index contributed by atoms with van der Waals surface area (Å²) in [5, 5.41) is 0. The predicted octanol–water partition coefficient (Wildman–Crippen LogP) is 4.07. The maximum Gasteiger partial charge on any atom is 0.161 e. The lowest BCUT2D eigenvalue weighted by Crippen LogP contribution is -2.40. The summed E-state index contributed by atoms with van der Waals surface area (Å²) in [6.45, 7) is 12.3. The first-order valence-corrected chi connectivity index (χ1v) is 8.06. The van der Waals surface area contributed by atoms with Crippen LogP contribution < -0.4 is 9.47 Å². The van der Waals surface area contributed by atoms with Crippen LogP contribution in [0.15, 0.2) is 48.1 Å². The highest BCUT2D eigenvalue weighted by atomic mass is 16.5. The first kappa shape index (κ1) is 15.9. The molecular weight excluding hydrogens is 286 g/mol. The van der Waals surface area contributed by atoms with Gasteiger partial charge in [-0.05, 0) is 54.2 Å². The van der Waals surface area contributed by atoms with Gasteiger partial charge in [0.25, 0.3) is 0 Å². The minimum atomic E-state index is 0.384. The fourth-order valence-corrected chi connectivity index (χ4v) is 3.67. The Bertz CT molecular complexity index is 687. The molecule has 3 heteroatoms. The highest BCUT2D eigenvalue weighted by Gasteiger charge is 2.33. The molecule has 3 nitrogen and oxygen atoms in total. The van der Waals surface area contributed by atoms with Gasteiger partial charge in [-0.15, -0.1) is 0 Å². The third kappa shape index (κ3) is 2.93. The summed E-state index contributed by atoms with van der Waals surface area (Å²) in [7, 11) is 3.39. The summed E-state index contributed by atoms with van der Waals surface area (Å²) in [5.41, 5.74) is 6.34. The number of ether oxygens (including phenoxy) is 2. The molecule has 1 aromatic carbocycles. The van der Waals surface area contributed by atoms with E-state index >= 15 is 0 Å². The molecule has 0 saturated carbocycles. The summed E-state index contributed by atoms with van der Waals surface area (Å²) >= 11 is 0. The van der Waals surface area contributed by atoms with Crippen molar-refractivity contribution in [3.63, 3.8) is 0 Å². The summed E-state index contributed by atoms with van der Waals surface area (Å²) < 4.78 is 11.0. The van der Waals surface area contributed by atoms with Gasteiger partial charge in [0.15, 0.2) is 11.5 Å². The fourth-order valence-electron chi connectivity index (χ4n) is 3.67. The number of hydrogen-bond acceptors (Lipinski definition) is 3. The molecule has 0 bridgehead atoms. The zero-order chi connectivity index (χ0) is 16.6. The number of methoxy groups -OCH3 is 2. The van der Waals surface area contributed by atoms with Gasteiger partial charge in [0.05, 0.1) is 14.2 Å². The molecule has 0 aliphatic carbocycles. The van der Waals surface area contributed by atoms with Crippen molar-refractivity contribution >= 4 is 0 Å². The number of nitrogens with zero attached hydrogens (tertiary/aromatic N) is 1. The van der Waals surface area contributed by atoms with E-state index in [4.69, 9.17) is 9.47 Å². The fraction of sp³-hybridized carbons (Fsp3) is 0.400. The topological polar surface area (TPSA) is 21.7 Å². The van der Waals surface area contributed by atoms with Crippen LogP contribution in [0.2, 0.25) is 0 Å². The summed E-state index contributed by atoms with van der Waals surface area (Å²) in [4.78, 5) is 2.52. The second-order valence-electron chi connectivity index (χ2n) is 6.47. The second-order valence-corrected chi connectivity index (χ2v) is 6.47. The van der Waals surface area contributed by atoms with Crippen LogP contribution in [0.3, 0.4) is 0 Å². The summed E-state index contributed by atoms with van der Waals surface area (Å²) in [6, 6.07) is 4.67. The first-order chi connectivity index (χ1) is 11.0. The van der Waals surface area contributed by atoms with Gasteiger partial charge in [0.2, 0.25) is 0 Å². The molecule has 0 N–H and O–H groups in total. The monoisotopic (exact) mass is 311 g/mol. The van der Waals surface area contributed by atoms with Crippen LogP contribution in [0.4, 0.5) is 0 Å². The zero-order valence-electron chi connectivity index (χ0n) is 14.3. The SMILES string of the molecule is C=C(C)C=C1CC2c3cc(OC)c(OC)cc3CCN2CC1=C. The molecule has 1 fully saturated rings. The number of hydrogen-bond donors (Lipinski definition) is 0. The van der Waals surface area contributed by atoms with Gasteiger partial charge in [-0.3, -0.25) is 4.90 Å². The number of benzene rings is 1. The van der Waals surface area contributed by atoms with E-state index in [2.05, 4.69) is 36.3 Å². The number of rotatable bonds is 3. The third-order valence-corrected chi connectivity index (χ3v) is 4.80. The van der Waals surface area contributed by atoms with Gasteiger partial charge in [-0.25, -0.2) is 0 Å². The van der Waals surface area contributed by atoms with Crippen LogP contribution in [-0.4, -0.2) is 32.2 Å². The summed E-state index contributed by atoms with van der Waals surface area (Å²) in [5.74, 6) is 1.63. The second kappa shape index (κ2) is 6.25. The number of fused-ring (bicyclic) bond motifs is 3. The van der Waals surface area contributed by atoms with Crippen LogP contribution in [-0.2, 0) is 6.42 Å². The van der Waals surface area contributed by atoms with Crippen LogP contribution in [0.25, 0.3) is 0 Å². The Morgan fingerprint density at radius 1 is 1.26 bits per heavy atom. The molecule has 0 radical (unpaired) electrons. The predicted molar refractivity (Wildman–Crippen MR) is 94.2 cm³/mol. The van der Waals surface area contributed by atoms with Crippen LogP contribution >= 0.6 is 0 Å². The summed E-state index contributed by atoms with van der Waals surface area (Å²) in [6.07, 6.45) is 4.20. The molecular formula is C20H25NO2.